The summed E-state index contributed by atoms with van der Waals surface area (Å²) in [4.78, 5) is 26.1. The molecule has 3 aromatic carbocycles. The van der Waals surface area contributed by atoms with Gasteiger partial charge in [0.2, 0.25) is 6.79 Å². The molecule has 1 aliphatic heterocycles. The molecule has 0 aromatic heterocycles. The standard InChI is InChI=1S/C25H24O7/c1-5-29-24(27)21-20(15-7-8-18-19(11-15)32-12-31-18)16-9-13(3)14(4)10-17(16)23(26)22(21)25(28)30-6-2/h7-11,26H,5-6,12H2,1-4H3. The normalized spacial score (nSPS) is 12.1. The van der Waals surface area contributed by atoms with Crippen LogP contribution in [0, 0.1) is 13.8 Å². The average Bonchev–Trinajstić information content (AvgIpc) is 3.23. The summed E-state index contributed by atoms with van der Waals surface area (Å²) in [6.07, 6.45) is 0. The number of hydrogen-bond donors (Lipinski definition) is 1. The topological polar surface area (TPSA) is 91.3 Å². The highest BCUT2D eigenvalue weighted by Crippen LogP contribution is 2.45. The number of rotatable bonds is 5. The maximum atomic E-state index is 13.2. The Bertz CT molecular complexity index is 1240. The Morgan fingerprint density at radius 2 is 1.47 bits per heavy atom. The largest absolute Gasteiger partial charge is 0.506 e. The first-order chi connectivity index (χ1) is 15.4. The van der Waals surface area contributed by atoms with Crippen molar-refractivity contribution in [2.75, 3.05) is 20.0 Å². The number of ether oxygens (including phenoxy) is 4. The summed E-state index contributed by atoms with van der Waals surface area (Å²) in [6.45, 7) is 7.49. The van der Waals surface area contributed by atoms with E-state index in [0.717, 1.165) is 11.1 Å². The third-order valence-electron chi connectivity index (χ3n) is 5.52. The van der Waals surface area contributed by atoms with Crippen LogP contribution < -0.4 is 9.47 Å². The number of aryl methyl sites for hydroxylation is 2. The van der Waals surface area contributed by atoms with Gasteiger partial charge in [-0.15, -0.1) is 0 Å². The fourth-order valence-electron chi connectivity index (χ4n) is 3.89. The fourth-order valence-corrected chi connectivity index (χ4v) is 3.89. The monoisotopic (exact) mass is 436 g/mol. The van der Waals surface area contributed by atoms with Gasteiger partial charge in [-0.25, -0.2) is 9.59 Å². The Hall–Kier alpha value is -3.74. The van der Waals surface area contributed by atoms with Crippen molar-refractivity contribution in [2.45, 2.75) is 27.7 Å². The summed E-state index contributed by atoms with van der Waals surface area (Å²) in [5.74, 6) is -0.713. The lowest BCUT2D eigenvalue weighted by Gasteiger charge is -2.19. The molecule has 1 N–H and O–H groups in total. The van der Waals surface area contributed by atoms with Crippen LogP contribution in [0.25, 0.3) is 21.9 Å². The van der Waals surface area contributed by atoms with Gasteiger partial charge in [-0.05, 0) is 68.0 Å². The summed E-state index contributed by atoms with van der Waals surface area (Å²) < 4.78 is 21.4. The smallest absolute Gasteiger partial charge is 0.342 e. The molecule has 0 fully saturated rings. The lowest BCUT2D eigenvalue weighted by molar-refractivity contribution is 0.0477. The van der Waals surface area contributed by atoms with Gasteiger partial charge >= 0.3 is 11.9 Å². The number of phenolic OH excluding ortho intramolecular Hbond substituents is 1. The highest BCUT2D eigenvalue weighted by molar-refractivity contribution is 6.18. The highest BCUT2D eigenvalue weighted by Gasteiger charge is 2.31. The molecule has 0 amide bonds. The van der Waals surface area contributed by atoms with E-state index < -0.39 is 11.9 Å². The number of benzene rings is 3. The van der Waals surface area contributed by atoms with Gasteiger partial charge in [-0.1, -0.05) is 12.1 Å². The minimum absolute atomic E-state index is 0.0441. The lowest BCUT2D eigenvalue weighted by atomic mass is 9.87. The second-order valence-corrected chi connectivity index (χ2v) is 7.46. The van der Waals surface area contributed by atoms with Crippen LogP contribution in [0.2, 0.25) is 0 Å². The summed E-state index contributed by atoms with van der Waals surface area (Å²) >= 11 is 0. The quantitative estimate of drug-likeness (QED) is 0.568. The molecule has 1 heterocycles. The van der Waals surface area contributed by atoms with Gasteiger partial charge in [0, 0.05) is 10.9 Å². The van der Waals surface area contributed by atoms with Gasteiger partial charge in [0.25, 0.3) is 0 Å². The Morgan fingerprint density at radius 3 is 2.12 bits per heavy atom. The molecule has 7 heteroatoms. The number of esters is 2. The molecule has 0 bridgehead atoms. The molecule has 0 aliphatic carbocycles. The number of carbonyl (C=O) groups is 2. The van der Waals surface area contributed by atoms with Crippen LogP contribution in [-0.2, 0) is 9.47 Å². The van der Waals surface area contributed by atoms with E-state index in [-0.39, 0.29) is 36.9 Å². The van der Waals surface area contributed by atoms with Crippen LogP contribution >= 0.6 is 0 Å². The van der Waals surface area contributed by atoms with E-state index in [1.165, 1.54) is 0 Å². The Balaban J connectivity index is 2.16. The van der Waals surface area contributed by atoms with Crippen LogP contribution in [0.15, 0.2) is 30.3 Å². The number of aromatic hydroxyl groups is 1. The van der Waals surface area contributed by atoms with E-state index in [0.29, 0.717) is 33.4 Å². The van der Waals surface area contributed by atoms with E-state index in [2.05, 4.69) is 0 Å². The predicted octanol–water partition coefficient (Wildman–Crippen LogP) is 4.91. The fraction of sp³-hybridized carbons (Fsp3) is 0.280. The van der Waals surface area contributed by atoms with E-state index in [4.69, 9.17) is 18.9 Å². The summed E-state index contributed by atoms with van der Waals surface area (Å²) in [6, 6.07) is 8.97. The molecule has 7 nitrogen and oxygen atoms in total. The van der Waals surface area contributed by atoms with Gasteiger partial charge in [0.1, 0.15) is 11.3 Å². The molecule has 166 valence electrons. The molecule has 0 spiro atoms. The number of phenols is 1. The van der Waals surface area contributed by atoms with Gasteiger partial charge in [0.15, 0.2) is 11.5 Å². The Kier molecular flexibility index (Phi) is 5.65. The van der Waals surface area contributed by atoms with Crippen molar-refractivity contribution in [3.05, 3.63) is 52.6 Å². The molecule has 0 radical (unpaired) electrons. The van der Waals surface area contributed by atoms with Crippen LogP contribution in [0.5, 0.6) is 17.2 Å². The van der Waals surface area contributed by atoms with Crippen molar-refractivity contribution >= 4 is 22.7 Å². The molecule has 0 saturated heterocycles. The van der Waals surface area contributed by atoms with E-state index in [1.807, 2.05) is 19.9 Å². The van der Waals surface area contributed by atoms with Gasteiger partial charge in [-0.2, -0.15) is 0 Å². The molecule has 0 atom stereocenters. The second kappa shape index (κ2) is 8.42. The maximum absolute atomic E-state index is 13.2. The summed E-state index contributed by atoms with van der Waals surface area (Å²) in [5.41, 5.74) is 2.73. The number of fused-ring (bicyclic) bond motifs is 2. The van der Waals surface area contributed by atoms with Crippen LogP contribution in [-0.4, -0.2) is 37.1 Å². The SMILES string of the molecule is CCOC(=O)c1c(C(=O)OCC)c(-c2ccc3c(c2)OCO3)c2cc(C)c(C)cc2c1O. The van der Waals surface area contributed by atoms with E-state index in [1.54, 1.807) is 38.1 Å². The van der Waals surface area contributed by atoms with Crippen molar-refractivity contribution < 1.29 is 33.6 Å². The van der Waals surface area contributed by atoms with Crippen LogP contribution in [0.4, 0.5) is 0 Å². The minimum atomic E-state index is -0.796. The zero-order valence-electron chi connectivity index (χ0n) is 18.4. The number of hydrogen-bond acceptors (Lipinski definition) is 7. The minimum Gasteiger partial charge on any atom is -0.506 e. The second-order valence-electron chi connectivity index (χ2n) is 7.46. The van der Waals surface area contributed by atoms with E-state index in [9.17, 15) is 14.7 Å². The van der Waals surface area contributed by atoms with Crippen LogP contribution in [0.1, 0.15) is 45.7 Å². The highest BCUT2D eigenvalue weighted by atomic mass is 16.7. The zero-order chi connectivity index (χ0) is 23.0. The van der Waals surface area contributed by atoms with Crippen molar-refractivity contribution in [1.82, 2.24) is 0 Å². The predicted molar refractivity (Wildman–Crippen MR) is 119 cm³/mol. The van der Waals surface area contributed by atoms with E-state index >= 15 is 0 Å². The van der Waals surface area contributed by atoms with Crippen molar-refractivity contribution in [2.24, 2.45) is 0 Å². The Labute approximate surface area is 185 Å². The van der Waals surface area contributed by atoms with Crippen molar-refractivity contribution in [3.8, 4) is 28.4 Å². The molecular formula is C25H24O7. The summed E-state index contributed by atoms with van der Waals surface area (Å²) in [5, 5.41) is 12.2. The molecule has 1 aliphatic rings. The van der Waals surface area contributed by atoms with Crippen LogP contribution in [0.3, 0.4) is 0 Å². The lowest BCUT2D eigenvalue weighted by Crippen LogP contribution is -2.16. The molecule has 0 saturated carbocycles. The third kappa shape index (κ3) is 3.49. The van der Waals surface area contributed by atoms with Gasteiger partial charge in [-0.3, -0.25) is 0 Å². The van der Waals surface area contributed by atoms with Gasteiger partial charge < -0.3 is 24.1 Å². The third-order valence-corrected chi connectivity index (χ3v) is 5.52. The maximum Gasteiger partial charge on any atom is 0.342 e. The first-order valence-corrected chi connectivity index (χ1v) is 10.4. The molecular weight excluding hydrogens is 412 g/mol. The molecule has 3 aromatic rings. The zero-order valence-corrected chi connectivity index (χ0v) is 18.4. The first kappa shape index (κ1) is 21.5. The summed E-state index contributed by atoms with van der Waals surface area (Å²) in [7, 11) is 0. The van der Waals surface area contributed by atoms with Crippen molar-refractivity contribution in [3.63, 3.8) is 0 Å². The molecule has 32 heavy (non-hydrogen) atoms. The first-order valence-electron chi connectivity index (χ1n) is 10.4. The number of carbonyl (C=O) groups excluding carboxylic acids is 2. The average molecular weight is 436 g/mol. The molecule has 4 rings (SSSR count). The molecule has 0 unspecified atom stereocenters. The van der Waals surface area contributed by atoms with Gasteiger partial charge in [0.05, 0.1) is 18.8 Å². The van der Waals surface area contributed by atoms with Crippen molar-refractivity contribution in [1.29, 1.82) is 0 Å². The Morgan fingerprint density at radius 1 is 0.875 bits per heavy atom.